The lowest BCUT2D eigenvalue weighted by atomic mass is 10.2. The zero-order valence-electron chi connectivity index (χ0n) is 9.93. The first-order valence-electron chi connectivity index (χ1n) is 5.32. The second-order valence-electron chi connectivity index (χ2n) is 4.00. The highest BCUT2D eigenvalue weighted by Crippen LogP contribution is 2.10. The van der Waals surface area contributed by atoms with Crippen LogP contribution in [0.3, 0.4) is 0 Å². The van der Waals surface area contributed by atoms with Crippen LogP contribution in [0.15, 0.2) is 5.38 Å². The molecule has 0 aliphatic heterocycles. The number of aliphatic hydroxyl groups is 1. The highest BCUT2D eigenvalue weighted by molar-refractivity contribution is 7.09. The van der Waals surface area contributed by atoms with Gasteiger partial charge in [-0.05, 0) is 20.3 Å². The molecule has 0 radical (unpaired) electrons. The zero-order valence-corrected chi connectivity index (χ0v) is 10.8. The molecule has 1 unspecified atom stereocenters. The van der Waals surface area contributed by atoms with Gasteiger partial charge in [0.2, 0.25) is 5.91 Å². The van der Waals surface area contributed by atoms with Gasteiger partial charge in [-0.15, -0.1) is 11.3 Å². The Labute approximate surface area is 99.9 Å². The van der Waals surface area contributed by atoms with E-state index in [0.717, 1.165) is 10.7 Å². The van der Waals surface area contributed by atoms with Crippen molar-refractivity contribution in [1.82, 2.24) is 9.88 Å². The van der Waals surface area contributed by atoms with Gasteiger partial charge in [0.25, 0.3) is 0 Å². The molecule has 0 bridgehead atoms. The quantitative estimate of drug-likeness (QED) is 0.852. The van der Waals surface area contributed by atoms with E-state index in [4.69, 9.17) is 5.11 Å². The highest BCUT2D eigenvalue weighted by atomic mass is 32.1. The molecule has 1 rings (SSSR count). The van der Waals surface area contributed by atoms with Crippen molar-refractivity contribution in [3.8, 4) is 0 Å². The van der Waals surface area contributed by atoms with Gasteiger partial charge in [-0.1, -0.05) is 0 Å². The lowest BCUT2D eigenvalue weighted by molar-refractivity contribution is -0.131. The number of aryl methyl sites for hydroxylation is 1. The number of rotatable bonds is 5. The van der Waals surface area contributed by atoms with Crippen molar-refractivity contribution < 1.29 is 9.90 Å². The fraction of sp³-hybridized carbons (Fsp3) is 0.636. The van der Waals surface area contributed by atoms with Gasteiger partial charge in [-0.2, -0.15) is 0 Å². The summed E-state index contributed by atoms with van der Waals surface area (Å²) in [6.07, 6.45) is 0.482. The number of aromatic nitrogens is 1. The molecule has 1 atom stereocenters. The summed E-state index contributed by atoms with van der Waals surface area (Å²) < 4.78 is 0. The highest BCUT2D eigenvalue weighted by Gasteiger charge is 2.11. The van der Waals surface area contributed by atoms with Crippen LogP contribution in [0.4, 0.5) is 0 Å². The smallest absolute Gasteiger partial charge is 0.222 e. The molecular weight excluding hydrogens is 224 g/mol. The number of hydrogen-bond donors (Lipinski definition) is 1. The number of thiazole rings is 1. The lowest BCUT2D eigenvalue weighted by Gasteiger charge is -2.16. The summed E-state index contributed by atoms with van der Waals surface area (Å²) in [5.41, 5.74) is 0.926. The van der Waals surface area contributed by atoms with Crippen molar-refractivity contribution >= 4 is 17.2 Å². The molecule has 0 spiro atoms. The number of carbonyl (C=O) groups excluding carboxylic acids is 1. The molecule has 0 aliphatic rings. The molecule has 0 saturated heterocycles. The third-order valence-electron chi connectivity index (χ3n) is 2.27. The molecular formula is C11H18N2O2S. The summed E-state index contributed by atoms with van der Waals surface area (Å²) in [6, 6.07) is 0. The van der Waals surface area contributed by atoms with Gasteiger partial charge in [-0.25, -0.2) is 4.98 Å². The Morgan fingerprint density at radius 1 is 1.69 bits per heavy atom. The van der Waals surface area contributed by atoms with Crippen molar-refractivity contribution in [2.45, 2.75) is 39.3 Å². The van der Waals surface area contributed by atoms with E-state index >= 15 is 0 Å². The van der Waals surface area contributed by atoms with Crippen LogP contribution in [0, 0.1) is 6.92 Å². The fourth-order valence-electron chi connectivity index (χ4n) is 1.34. The maximum absolute atomic E-state index is 11.6. The van der Waals surface area contributed by atoms with E-state index in [1.165, 1.54) is 0 Å². The maximum Gasteiger partial charge on any atom is 0.222 e. The minimum atomic E-state index is -0.418. The van der Waals surface area contributed by atoms with Crippen molar-refractivity contribution in [2.24, 2.45) is 0 Å². The van der Waals surface area contributed by atoms with Gasteiger partial charge in [0.15, 0.2) is 0 Å². The molecule has 1 aromatic rings. The first-order chi connectivity index (χ1) is 7.49. The summed E-state index contributed by atoms with van der Waals surface area (Å²) in [6.45, 7) is 4.18. The van der Waals surface area contributed by atoms with E-state index in [2.05, 4.69) is 4.98 Å². The van der Waals surface area contributed by atoms with Crippen LogP contribution in [-0.4, -0.2) is 34.0 Å². The average Bonchev–Trinajstić information content (AvgIpc) is 2.60. The Bertz CT molecular complexity index is 350. The molecule has 4 nitrogen and oxygen atoms in total. The maximum atomic E-state index is 11.6. The molecule has 0 aliphatic carbocycles. The van der Waals surface area contributed by atoms with Crippen LogP contribution in [0.25, 0.3) is 0 Å². The van der Waals surface area contributed by atoms with E-state index in [-0.39, 0.29) is 5.91 Å². The van der Waals surface area contributed by atoms with Gasteiger partial charge in [0, 0.05) is 18.8 Å². The normalized spacial score (nSPS) is 12.5. The van der Waals surface area contributed by atoms with Gasteiger partial charge in [0.1, 0.15) is 0 Å². The summed E-state index contributed by atoms with van der Waals surface area (Å²) in [4.78, 5) is 17.6. The number of nitrogens with zero attached hydrogens (tertiary/aromatic N) is 2. The van der Waals surface area contributed by atoms with Crippen molar-refractivity contribution in [2.75, 3.05) is 7.05 Å². The molecule has 1 aromatic heterocycles. The molecule has 0 fully saturated rings. The first kappa shape index (κ1) is 13.1. The van der Waals surface area contributed by atoms with Crippen LogP contribution in [0.5, 0.6) is 0 Å². The summed E-state index contributed by atoms with van der Waals surface area (Å²) in [7, 11) is 1.76. The molecule has 0 saturated carbocycles. The standard InChI is InChI=1S/C11H18N2O2S/c1-8(14)4-5-11(15)13(3)6-10-7-16-9(2)12-10/h7-8,14H,4-6H2,1-3H3. The predicted molar refractivity (Wildman–Crippen MR) is 64.2 cm³/mol. The Morgan fingerprint density at radius 3 is 2.88 bits per heavy atom. The van der Waals surface area contributed by atoms with Gasteiger partial charge < -0.3 is 10.0 Å². The Balaban J connectivity index is 2.39. The Kier molecular flexibility index (Phi) is 4.89. The minimum Gasteiger partial charge on any atom is -0.393 e. The minimum absolute atomic E-state index is 0.0477. The van der Waals surface area contributed by atoms with Gasteiger partial charge in [-0.3, -0.25) is 4.79 Å². The van der Waals surface area contributed by atoms with Crippen molar-refractivity contribution in [3.05, 3.63) is 16.1 Å². The molecule has 16 heavy (non-hydrogen) atoms. The second-order valence-corrected chi connectivity index (χ2v) is 5.06. The molecule has 5 heteroatoms. The summed E-state index contributed by atoms with van der Waals surface area (Å²) in [5, 5.41) is 12.1. The number of hydrogen-bond acceptors (Lipinski definition) is 4. The number of amides is 1. The van der Waals surface area contributed by atoms with E-state index in [1.54, 1.807) is 30.2 Å². The third kappa shape index (κ3) is 4.28. The topological polar surface area (TPSA) is 53.4 Å². The fourth-order valence-corrected chi connectivity index (χ4v) is 1.94. The number of carbonyl (C=O) groups is 1. The SMILES string of the molecule is Cc1nc(CN(C)C(=O)CCC(C)O)cs1. The largest absolute Gasteiger partial charge is 0.393 e. The molecule has 1 amide bonds. The molecule has 1 N–H and O–H groups in total. The monoisotopic (exact) mass is 242 g/mol. The molecule has 1 heterocycles. The van der Waals surface area contributed by atoms with E-state index in [0.29, 0.717) is 19.4 Å². The van der Waals surface area contributed by atoms with Gasteiger partial charge >= 0.3 is 0 Å². The van der Waals surface area contributed by atoms with E-state index < -0.39 is 6.10 Å². The summed E-state index contributed by atoms with van der Waals surface area (Å²) >= 11 is 1.59. The number of aliphatic hydroxyl groups excluding tert-OH is 1. The second kappa shape index (κ2) is 5.96. The van der Waals surface area contributed by atoms with Crippen LogP contribution >= 0.6 is 11.3 Å². The molecule has 90 valence electrons. The zero-order chi connectivity index (χ0) is 12.1. The van der Waals surface area contributed by atoms with Crippen LogP contribution < -0.4 is 0 Å². The van der Waals surface area contributed by atoms with Gasteiger partial charge in [0.05, 0.1) is 23.4 Å². The Morgan fingerprint density at radius 2 is 2.38 bits per heavy atom. The lowest BCUT2D eigenvalue weighted by Crippen LogP contribution is -2.26. The van der Waals surface area contributed by atoms with Crippen LogP contribution in [-0.2, 0) is 11.3 Å². The van der Waals surface area contributed by atoms with Crippen LogP contribution in [0.1, 0.15) is 30.5 Å². The predicted octanol–water partition coefficient (Wildman–Crippen LogP) is 1.57. The van der Waals surface area contributed by atoms with Crippen molar-refractivity contribution in [1.29, 1.82) is 0 Å². The third-order valence-corrected chi connectivity index (χ3v) is 3.09. The Hall–Kier alpha value is -0.940. The summed E-state index contributed by atoms with van der Waals surface area (Å²) in [5.74, 6) is 0.0477. The van der Waals surface area contributed by atoms with E-state index in [9.17, 15) is 4.79 Å². The van der Waals surface area contributed by atoms with E-state index in [1.807, 2.05) is 12.3 Å². The van der Waals surface area contributed by atoms with Crippen molar-refractivity contribution in [3.63, 3.8) is 0 Å². The van der Waals surface area contributed by atoms with Crippen LogP contribution in [0.2, 0.25) is 0 Å². The molecule has 0 aromatic carbocycles. The average molecular weight is 242 g/mol. The first-order valence-corrected chi connectivity index (χ1v) is 6.20.